The Kier molecular flexibility index (Phi) is 6.39. The molecule has 0 aromatic rings. The van der Waals surface area contributed by atoms with Gasteiger partial charge in [0.1, 0.15) is 0 Å². The van der Waals surface area contributed by atoms with E-state index in [0.717, 1.165) is 52.1 Å². The molecule has 120 valence electrons. The average molecular weight is 312 g/mol. The van der Waals surface area contributed by atoms with E-state index < -0.39 is 0 Å². The topological polar surface area (TPSA) is 52.8 Å². The van der Waals surface area contributed by atoms with E-state index in [1.807, 2.05) is 0 Å². The predicted molar refractivity (Wildman–Crippen MR) is 89.3 cm³/mol. The lowest BCUT2D eigenvalue weighted by atomic mass is 10.2. The van der Waals surface area contributed by atoms with Crippen LogP contribution in [-0.4, -0.2) is 77.5 Å². The molecule has 5 nitrogen and oxygen atoms in total. The number of likely N-dealkylation sites (tertiary alicyclic amines) is 1. The van der Waals surface area contributed by atoms with E-state index in [4.69, 9.17) is 18.0 Å². The van der Waals surface area contributed by atoms with Gasteiger partial charge in [0.2, 0.25) is 5.91 Å². The zero-order valence-electron chi connectivity index (χ0n) is 13.1. The van der Waals surface area contributed by atoms with Crippen LogP contribution in [0.1, 0.15) is 32.6 Å². The Balaban J connectivity index is 1.75. The normalized spacial score (nSPS) is 23.6. The average Bonchev–Trinajstić information content (AvgIpc) is 2.76. The summed E-state index contributed by atoms with van der Waals surface area (Å²) >= 11 is 5.06. The minimum Gasteiger partial charge on any atom is -0.392 e. The van der Waals surface area contributed by atoms with Crippen molar-refractivity contribution in [1.82, 2.24) is 14.7 Å². The van der Waals surface area contributed by atoms with Crippen molar-refractivity contribution >= 4 is 23.1 Å². The van der Waals surface area contributed by atoms with Crippen LogP contribution in [0.5, 0.6) is 0 Å². The summed E-state index contributed by atoms with van der Waals surface area (Å²) < 4.78 is 0. The number of carbonyl (C=O) groups excluding carboxylic acids is 1. The standard InChI is InChI=1S/C15H28N4OS/c1-13(15(16)21)18-10-8-17(9-11-18)12-14(20)19-6-4-2-3-5-7-19/h13H,2-12H2,1H3,(H2,16,21). The van der Waals surface area contributed by atoms with Crippen molar-refractivity contribution in [2.75, 3.05) is 45.8 Å². The molecule has 2 fully saturated rings. The van der Waals surface area contributed by atoms with E-state index >= 15 is 0 Å². The van der Waals surface area contributed by atoms with Gasteiger partial charge in [-0.3, -0.25) is 14.6 Å². The molecule has 21 heavy (non-hydrogen) atoms. The minimum atomic E-state index is 0.156. The van der Waals surface area contributed by atoms with Crippen LogP contribution < -0.4 is 5.73 Å². The van der Waals surface area contributed by atoms with Crippen molar-refractivity contribution in [2.45, 2.75) is 38.6 Å². The van der Waals surface area contributed by atoms with Crippen LogP contribution >= 0.6 is 12.2 Å². The van der Waals surface area contributed by atoms with Crippen LogP contribution in [0.25, 0.3) is 0 Å². The molecule has 2 saturated heterocycles. The molecule has 2 N–H and O–H groups in total. The number of nitrogens with zero attached hydrogens (tertiary/aromatic N) is 3. The summed E-state index contributed by atoms with van der Waals surface area (Å²) in [6.45, 7) is 8.22. The van der Waals surface area contributed by atoms with Gasteiger partial charge in [0, 0.05) is 39.3 Å². The van der Waals surface area contributed by atoms with E-state index in [-0.39, 0.29) is 6.04 Å². The summed E-state index contributed by atoms with van der Waals surface area (Å²) in [6.07, 6.45) is 4.84. The van der Waals surface area contributed by atoms with Gasteiger partial charge in [0.05, 0.1) is 17.6 Å². The number of amides is 1. The summed E-state index contributed by atoms with van der Waals surface area (Å²) in [5.41, 5.74) is 5.71. The second-order valence-electron chi connectivity index (χ2n) is 6.19. The molecule has 0 spiro atoms. The first kappa shape index (κ1) is 16.6. The lowest BCUT2D eigenvalue weighted by molar-refractivity contribution is -0.132. The fourth-order valence-electron chi connectivity index (χ4n) is 3.10. The van der Waals surface area contributed by atoms with Gasteiger partial charge in [-0.05, 0) is 19.8 Å². The first-order valence-electron chi connectivity index (χ1n) is 8.11. The highest BCUT2D eigenvalue weighted by atomic mass is 32.1. The molecule has 0 aromatic heterocycles. The summed E-state index contributed by atoms with van der Waals surface area (Å²) in [5, 5.41) is 0. The van der Waals surface area contributed by atoms with Gasteiger partial charge in [-0.15, -0.1) is 0 Å². The fourth-order valence-corrected chi connectivity index (χ4v) is 3.25. The molecular formula is C15H28N4OS. The third kappa shape index (κ3) is 4.90. The molecule has 6 heteroatoms. The minimum absolute atomic E-state index is 0.156. The number of carbonyl (C=O) groups is 1. The fraction of sp³-hybridized carbons (Fsp3) is 0.867. The molecule has 1 atom stereocenters. The molecule has 0 radical (unpaired) electrons. The van der Waals surface area contributed by atoms with E-state index in [0.29, 0.717) is 17.4 Å². The first-order valence-corrected chi connectivity index (χ1v) is 8.52. The maximum absolute atomic E-state index is 12.4. The van der Waals surface area contributed by atoms with Crippen LogP contribution in [0, 0.1) is 0 Å². The van der Waals surface area contributed by atoms with Crippen molar-refractivity contribution in [3.63, 3.8) is 0 Å². The van der Waals surface area contributed by atoms with E-state index in [9.17, 15) is 4.79 Å². The highest BCUT2D eigenvalue weighted by molar-refractivity contribution is 7.80. The highest BCUT2D eigenvalue weighted by Gasteiger charge is 2.25. The molecule has 1 amide bonds. The number of hydrogen-bond acceptors (Lipinski definition) is 4. The van der Waals surface area contributed by atoms with Crippen molar-refractivity contribution < 1.29 is 4.79 Å². The zero-order chi connectivity index (χ0) is 15.2. The molecule has 1 unspecified atom stereocenters. The van der Waals surface area contributed by atoms with Crippen molar-refractivity contribution in [3.8, 4) is 0 Å². The maximum atomic E-state index is 12.4. The summed E-state index contributed by atoms with van der Waals surface area (Å²) in [7, 11) is 0. The van der Waals surface area contributed by atoms with Crippen molar-refractivity contribution in [1.29, 1.82) is 0 Å². The van der Waals surface area contributed by atoms with Crippen LogP contribution in [0.2, 0.25) is 0 Å². The summed E-state index contributed by atoms with van der Waals surface area (Å²) in [5.74, 6) is 0.299. The summed E-state index contributed by atoms with van der Waals surface area (Å²) in [6, 6.07) is 0.156. The zero-order valence-corrected chi connectivity index (χ0v) is 13.9. The first-order chi connectivity index (χ1) is 10.1. The van der Waals surface area contributed by atoms with Gasteiger partial charge in [-0.1, -0.05) is 25.1 Å². The molecule has 2 heterocycles. The van der Waals surface area contributed by atoms with Gasteiger partial charge in [-0.25, -0.2) is 0 Å². The Morgan fingerprint density at radius 1 is 1.05 bits per heavy atom. The lowest BCUT2D eigenvalue weighted by Gasteiger charge is -2.38. The Labute approximate surface area is 133 Å². The monoisotopic (exact) mass is 312 g/mol. The van der Waals surface area contributed by atoms with Crippen molar-refractivity contribution in [2.24, 2.45) is 5.73 Å². The van der Waals surface area contributed by atoms with Crippen LogP contribution in [-0.2, 0) is 4.79 Å². The molecule has 0 saturated carbocycles. The molecule has 0 aliphatic carbocycles. The van der Waals surface area contributed by atoms with E-state index in [1.165, 1.54) is 12.8 Å². The van der Waals surface area contributed by atoms with E-state index in [1.54, 1.807) is 0 Å². The smallest absolute Gasteiger partial charge is 0.236 e. The Bertz CT molecular complexity index is 361. The quantitative estimate of drug-likeness (QED) is 0.774. The van der Waals surface area contributed by atoms with Gasteiger partial charge in [0.25, 0.3) is 0 Å². The predicted octanol–water partition coefficient (Wildman–Crippen LogP) is 0.681. The SMILES string of the molecule is CC(C(N)=S)N1CCN(CC(=O)N2CCCCCC2)CC1. The van der Waals surface area contributed by atoms with Gasteiger partial charge >= 0.3 is 0 Å². The van der Waals surface area contributed by atoms with Crippen molar-refractivity contribution in [3.05, 3.63) is 0 Å². The second kappa shape index (κ2) is 8.06. The van der Waals surface area contributed by atoms with Gasteiger partial charge < -0.3 is 10.6 Å². The van der Waals surface area contributed by atoms with Gasteiger partial charge in [0.15, 0.2) is 0 Å². The molecule has 2 rings (SSSR count). The number of hydrogen-bond donors (Lipinski definition) is 1. The second-order valence-corrected chi connectivity index (χ2v) is 6.66. The third-order valence-electron chi connectivity index (χ3n) is 4.68. The summed E-state index contributed by atoms with van der Waals surface area (Å²) in [4.78, 5) is 19.5. The van der Waals surface area contributed by atoms with Gasteiger partial charge in [-0.2, -0.15) is 0 Å². The number of rotatable bonds is 4. The Hall–Kier alpha value is -0.720. The Morgan fingerprint density at radius 2 is 1.62 bits per heavy atom. The number of thiocarbonyl (C=S) groups is 1. The molecule has 0 bridgehead atoms. The van der Waals surface area contributed by atoms with Crippen LogP contribution in [0.15, 0.2) is 0 Å². The largest absolute Gasteiger partial charge is 0.392 e. The number of nitrogens with two attached hydrogens (primary N) is 1. The third-order valence-corrected chi connectivity index (χ3v) is 5.03. The lowest BCUT2D eigenvalue weighted by Crippen LogP contribution is -2.54. The molecule has 0 aromatic carbocycles. The van der Waals surface area contributed by atoms with Crippen LogP contribution in [0.3, 0.4) is 0 Å². The maximum Gasteiger partial charge on any atom is 0.236 e. The molecule has 2 aliphatic rings. The van der Waals surface area contributed by atoms with Crippen LogP contribution in [0.4, 0.5) is 0 Å². The number of piperazine rings is 1. The Morgan fingerprint density at radius 3 is 2.14 bits per heavy atom. The molecule has 2 aliphatic heterocycles. The molecular weight excluding hydrogens is 284 g/mol. The highest BCUT2D eigenvalue weighted by Crippen LogP contribution is 2.11. The van der Waals surface area contributed by atoms with E-state index in [2.05, 4.69) is 21.6 Å².